The van der Waals surface area contributed by atoms with Crippen LogP contribution >= 0.6 is 11.3 Å². The molecule has 3 nitrogen and oxygen atoms in total. The van der Waals surface area contributed by atoms with Gasteiger partial charge in [-0.1, -0.05) is 103 Å². The molecular formula is C51H35N3S. The number of aliphatic imine (C=N–C) groups is 1. The highest BCUT2D eigenvalue weighted by atomic mass is 32.1. The van der Waals surface area contributed by atoms with Crippen LogP contribution in [0.3, 0.4) is 0 Å². The summed E-state index contributed by atoms with van der Waals surface area (Å²) in [6.07, 6.45) is 18.2. The first-order valence-electron chi connectivity index (χ1n) is 19.4. The maximum atomic E-state index is 5.40. The van der Waals surface area contributed by atoms with E-state index >= 15 is 0 Å². The van der Waals surface area contributed by atoms with E-state index in [0.717, 1.165) is 41.7 Å². The van der Waals surface area contributed by atoms with Crippen LogP contribution in [-0.4, -0.2) is 16.2 Å². The number of nitrogens with zero attached hydrogens (tertiary/aromatic N) is 3. The van der Waals surface area contributed by atoms with Crippen LogP contribution in [0.4, 0.5) is 0 Å². The number of fused-ring (bicyclic) bond motifs is 13. The number of thiophene rings is 1. The molecule has 3 aliphatic carbocycles. The number of allylic oxidation sites excluding steroid dienone is 2. The van der Waals surface area contributed by atoms with Gasteiger partial charge in [0.05, 0.1) is 16.9 Å². The number of benzene rings is 5. The fraction of sp³-hybridized carbons (Fsp3) is 0.118. The van der Waals surface area contributed by atoms with Gasteiger partial charge >= 0.3 is 0 Å². The fourth-order valence-corrected chi connectivity index (χ4v) is 11.1. The van der Waals surface area contributed by atoms with Gasteiger partial charge in [-0.25, -0.2) is 4.98 Å². The molecule has 260 valence electrons. The summed E-state index contributed by atoms with van der Waals surface area (Å²) in [5.41, 5.74) is 16.5. The maximum absolute atomic E-state index is 5.40. The molecule has 0 fully saturated rings. The lowest BCUT2D eigenvalue weighted by Crippen LogP contribution is -2.19. The summed E-state index contributed by atoms with van der Waals surface area (Å²) >= 11 is 1.94. The normalized spacial score (nSPS) is 19.1. The zero-order valence-corrected chi connectivity index (χ0v) is 30.9. The van der Waals surface area contributed by atoms with E-state index in [4.69, 9.17) is 15.0 Å². The van der Waals surface area contributed by atoms with Gasteiger partial charge in [0.15, 0.2) is 0 Å². The van der Waals surface area contributed by atoms with E-state index in [0.29, 0.717) is 0 Å². The van der Waals surface area contributed by atoms with Crippen LogP contribution in [0.2, 0.25) is 0 Å². The van der Waals surface area contributed by atoms with Crippen LogP contribution < -0.4 is 0 Å². The van der Waals surface area contributed by atoms with Gasteiger partial charge in [0, 0.05) is 50.3 Å². The number of para-hydroxylation sites is 1. The van der Waals surface area contributed by atoms with Crippen molar-refractivity contribution in [3.63, 3.8) is 0 Å². The number of hydrogen-bond donors (Lipinski definition) is 0. The minimum Gasteiger partial charge on any atom is -0.282 e. The number of pyridine rings is 2. The first-order valence-corrected chi connectivity index (χ1v) is 20.2. The minimum absolute atomic E-state index is 0.0192. The van der Waals surface area contributed by atoms with Crippen LogP contribution in [0.15, 0.2) is 145 Å². The Kier molecular flexibility index (Phi) is 6.88. The molecule has 0 amide bonds. The summed E-state index contributed by atoms with van der Waals surface area (Å²) in [7, 11) is 0. The van der Waals surface area contributed by atoms with Gasteiger partial charge in [0.1, 0.15) is 6.04 Å². The summed E-state index contributed by atoms with van der Waals surface area (Å²) < 4.78 is 1.37. The summed E-state index contributed by atoms with van der Waals surface area (Å²) in [4.78, 5) is 16.4. The molecule has 0 saturated carbocycles. The highest BCUT2D eigenvalue weighted by Gasteiger charge is 2.33. The number of hydrogen-bond acceptors (Lipinski definition) is 4. The number of aromatic nitrogens is 2. The Labute approximate surface area is 323 Å². The Hall–Kier alpha value is -6.23. The third kappa shape index (κ3) is 4.84. The lowest BCUT2D eigenvalue weighted by Gasteiger charge is -2.31. The molecule has 0 radical (unpaired) electrons. The Morgan fingerprint density at radius 1 is 0.673 bits per heavy atom. The number of rotatable bonds is 3. The Bertz CT molecular complexity index is 3050. The standard InChI is InChI=1S/C51H35N3S/c1-3-14-45-41(12-1)47-42(23-22-40-38-11-2-4-15-46(38)55-51(40)47)48(54-45)35-9-5-8-31(26-35)32-18-16-30-17-19-33-27-34(20-21-37(33)43(30)28-32)44-29-36-10-6-24-52-49(36)50-39(44)13-7-25-53-50/h1-21,24-27,29,32,39,50H,22-23,28H2. The van der Waals surface area contributed by atoms with E-state index < -0.39 is 0 Å². The maximum Gasteiger partial charge on any atom is 0.103 e. The van der Waals surface area contributed by atoms with Crippen LogP contribution in [0.5, 0.6) is 0 Å². The van der Waals surface area contributed by atoms with Gasteiger partial charge < -0.3 is 0 Å². The van der Waals surface area contributed by atoms with Crippen molar-refractivity contribution in [2.75, 3.05) is 0 Å². The molecule has 4 heteroatoms. The van der Waals surface area contributed by atoms with Crippen molar-refractivity contribution in [3.8, 4) is 21.7 Å². The average Bonchev–Trinajstić information content (AvgIpc) is 3.64. The Morgan fingerprint density at radius 2 is 1.58 bits per heavy atom. The molecule has 55 heavy (non-hydrogen) atoms. The van der Waals surface area contributed by atoms with Gasteiger partial charge in [-0.15, -0.1) is 11.3 Å². The highest BCUT2D eigenvalue weighted by molar-refractivity contribution is 7.22. The average molecular weight is 722 g/mol. The topological polar surface area (TPSA) is 38.1 Å². The zero-order valence-electron chi connectivity index (χ0n) is 30.1. The summed E-state index contributed by atoms with van der Waals surface area (Å²) in [6, 6.07) is 42.7. The smallest absolute Gasteiger partial charge is 0.103 e. The molecule has 12 rings (SSSR count). The Balaban J connectivity index is 0.918. The van der Waals surface area contributed by atoms with Crippen LogP contribution in [0.1, 0.15) is 56.6 Å². The van der Waals surface area contributed by atoms with Gasteiger partial charge in [-0.05, 0) is 122 Å². The molecule has 3 unspecified atom stereocenters. The molecule has 5 aromatic carbocycles. The first kappa shape index (κ1) is 31.2. The summed E-state index contributed by atoms with van der Waals surface area (Å²) in [5, 5.41) is 5.29. The second kappa shape index (κ2) is 12.1. The van der Waals surface area contributed by atoms with Gasteiger partial charge in [0.25, 0.3) is 0 Å². The van der Waals surface area contributed by atoms with Crippen LogP contribution in [0.25, 0.3) is 71.2 Å². The third-order valence-corrected chi connectivity index (χ3v) is 13.6. The first-order chi connectivity index (χ1) is 27.2. The fourth-order valence-electron chi connectivity index (χ4n) is 9.78. The second-order valence-electron chi connectivity index (χ2n) is 15.3. The molecule has 3 atom stereocenters. The highest BCUT2D eigenvalue weighted by Crippen LogP contribution is 2.49. The van der Waals surface area contributed by atoms with Crippen LogP contribution in [0, 0.1) is 5.92 Å². The van der Waals surface area contributed by atoms with Crippen molar-refractivity contribution >= 4 is 67.0 Å². The Morgan fingerprint density at radius 3 is 2.56 bits per heavy atom. The zero-order chi connectivity index (χ0) is 36.0. The molecule has 0 spiro atoms. The van der Waals surface area contributed by atoms with E-state index in [-0.39, 0.29) is 17.9 Å². The van der Waals surface area contributed by atoms with Crippen molar-refractivity contribution in [1.29, 1.82) is 0 Å². The molecule has 0 N–H and O–H groups in total. The molecular weight excluding hydrogens is 687 g/mol. The van der Waals surface area contributed by atoms with E-state index in [2.05, 4.69) is 140 Å². The van der Waals surface area contributed by atoms with E-state index in [1.54, 1.807) is 0 Å². The molecule has 1 aliphatic heterocycles. The third-order valence-electron chi connectivity index (χ3n) is 12.4. The SMILES string of the molecule is C1=CC2C(c3ccc4c5c(ccc4c3)C=CC(c3cccc(-c4nc6ccccc6c6c4CCc4c-6sc6ccccc46)c3)C5)=Cc3cccnc3C2N=C1. The molecule has 0 saturated heterocycles. The van der Waals surface area contributed by atoms with Crippen molar-refractivity contribution in [1.82, 2.24) is 9.97 Å². The van der Waals surface area contributed by atoms with E-state index in [1.165, 1.54) is 81.2 Å². The van der Waals surface area contributed by atoms with E-state index in [1.807, 2.05) is 29.8 Å². The van der Waals surface area contributed by atoms with Gasteiger partial charge in [0.2, 0.25) is 0 Å². The summed E-state index contributed by atoms with van der Waals surface area (Å²) in [5.74, 6) is 0.455. The predicted octanol–water partition coefficient (Wildman–Crippen LogP) is 12.6. The molecule has 3 aromatic heterocycles. The summed E-state index contributed by atoms with van der Waals surface area (Å²) in [6.45, 7) is 0. The monoisotopic (exact) mass is 721 g/mol. The van der Waals surface area contributed by atoms with Crippen molar-refractivity contribution in [2.24, 2.45) is 10.9 Å². The van der Waals surface area contributed by atoms with Crippen LogP contribution in [-0.2, 0) is 19.3 Å². The van der Waals surface area contributed by atoms with Gasteiger partial charge in [-0.3, -0.25) is 9.98 Å². The predicted molar refractivity (Wildman–Crippen MR) is 231 cm³/mol. The van der Waals surface area contributed by atoms with E-state index in [9.17, 15) is 0 Å². The van der Waals surface area contributed by atoms with Gasteiger partial charge in [-0.2, -0.15) is 0 Å². The molecule has 4 aliphatic rings. The lowest BCUT2D eigenvalue weighted by molar-refractivity contribution is 0.607. The van der Waals surface area contributed by atoms with Crippen molar-refractivity contribution in [2.45, 2.75) is 31.2 Å². The van der Waals surface area contributed by atoms with Crippen molar-refractivity contribution in [3.05, 3.63) is 184 Å². The molecule has 0 bridgehead atoms. The largest absolute Gasteiger partial charge is 0.282 e. The lowest BCUT2D eigenvalue weighted by atomic mass is 9.77. The number of aryl methyl sites for hydroxylation is 1. The van der Waals surface area contributed by atoms with Crippen molar-refractivity contribution < 1.29 is 0 Å². The number of dihydropyridines is 1. The minimum atomic E-state index is 0.0192. The second-order valence-corrected chi connectivity index (χ2v) is 16.4. The quantitative estimate of drug-likeness (QED) is 0.182. The molecule has 8 aromatic rings. The molecule has 4 heterocycles.